The smallest absolute Gasteiger partial charge is 0.0408 e. The third kappa shape index (κ3) is 3.56. The van der Waals surface area contributed by atoms with Crippen molar-refractivity contribution in [3.8, 4) is 0 Å². The highest BCUT2D eigenvalue weighted by atomic mass is 35.5. The van der Waals surface area contributed by atoms with Gasteiger partial charge in [0.2, 0.25) is 0 Å². The molecule has 0 saturated carbocycles. The van der Waals surface area contributed by atoms with E-state index in [2.05, 4.69) is 35.4 Å². The largest absolute Gasteiger partial charge is 0.310 e. The van der Waals surface area contributed by atoms with E-state index in [9.17, 15) is 0 Å². The summed E-state index contributed by atoms with van der Waals surface area (Å²) in [4.78, 5) is 4.06. The first-order valence-electron chi connectivity index (χ1n) is 6.17. The number of pyridine rings is 1. The summed E-state index contributed by atoms with van der Waals surface area (Å²) in [5.41, 5.74) is 2.50. The molecule has 0 saturated heterocycles. The van der Waals surface area contributed by atoms with Crippen molar-refractivity contribution in [1.29, 1.82) is 0 Å². The van der Waals surface area contributed by atoms with Crippen LogP contribution in [0, 0.1) is 0 Å². The zero-order chi connectivity index (χ0) is 12.8. The molecular formula is C15H17ClN2. The summed E-state index contributed by atoms with van der Waals surface area (Å²) in [6, 6.07) is 12.4. The van der Waals surface area contributed by atoms with E-state index in [1.165, 1.54) is 11.1 Å². The Morgan fingerprint density at radius 1 is 1.22 bits per heavy atom. The van der Waals surface area contributed by atoms with Crippen LogP contribution in [0.25, 0.3) is 0 Å². The standard InChI is InChI=1S/C15H17ClN2/c1-2-18-15(13-6-8-17-9-7-13)11-12-4-3-5-14(16)10-12/h3-10,15,18H,2,11H2,1H3. The summed E-state index contributed by atoms with van der Waals surface area (Å²) < 4.78 is 0. The van der Waals surface area contributed by atoms with Gasteiger partial charge in [0.1, 0.15) is 0 Å². The molecule has 94 valence electrons. The van der Waals surface area contributed by atoms with Gasteiger partial charge in [-0.25, -0.2) is 0 Å². The molecule has 0 aliphatic rings. The normalized spacial score (nSPS) is 12.3. The zero-order valence-corrected chi connectivity index (χ0v) is 11.2. The Bertz CT molecular complexity index is 485. The molecular weight excluding hydrogens is 244 g/mol. The summed E-state index contributed by atoms with van der Waals surface area (Å²) >= 11 is 6.02. The Hall–Kier alpha value is -1.38. The van der Waals surface area contributed by atoms with Crippen molar-refractivity contribution in [2.75, 3.05) is 6.54 Å². The number of aromatic nitrogens is 1. The summed E-state index contributed by atoms with van der Waals surface area (Å²) in [5.74, 6) is 0. The number of rotatable bonds is 5. The highest BCUT2D eigenvalue weighted by Gasteiger charge is 2.10. The lowest BCUT2D eigenvalue weighted by atomic mass is 10.00. The van der Waals surface area contributed by atoms with E-state index < -0.39 is 0 Å². The number of nitrogens with zero attached hydrogens (tertiary/aromatic N) is 1. The van der Waals surface area contributed by atoms with Crippen LogP contribution in [-0.4, -0.2) is 11.5 Å². The van der Waals surface area contributed by atoms with Crippen molar-refractivity contribution >= 4 is 11.6 Å². The second-order valence-electron chi connectivity index (χ2n) is 4.22. The van der Waals surface area contributed by atoms with Gasteiger partial charge < -0.3 is 5.32 Å². The number of hydrogen-bond acceptors (Lipinski definition) is 2. The topological polar surface area (TPSA) is 24.9 Å². The Morgan fingerprint density at radius 3 is 2.67 bits per heavy atom. The summed E-state index contributed by atoms with van der Waals surface area (Å²) in [5, 5.41) is 4.29. The van der Waals surface area contributed by atoms with E-state index in [1.54, 1.807) is 0 Å². The van der Waals surface area contributed by atoms with Gasteiger partial charge in [-0.05, 0) is 48.4 Å². The van der Waals surface area contributed by atoms with E-state index in [1.807, 2.05) is 30.6 Å². The van der Waals surface area contributed by atoms with Gasteiger partial charge in [0.25, 0.3) is 0 Å². The van der Waals surface area contributed by atoms with Crippen LogP contribution >= 0.6 is 11.6 Å². The molecule has 1 unspecified atom stereocenters. The molecule has 0 amide bonds. The van der Waals surface area contributed by atoms with E-state index >= 15 is 0 Å². The predicted molar refractivity (Wildman–Crippen MR) is 75.8 cm³/mol. The van der Waals surface area contributed by atoms with Gasteiger partial charge in [0.15, 0.2) is 0 Å². The first-order valence-corrected chi connectivity index (χ1v) is 6.55. The van der Waals surface area contributed by atoms with Crippen molar-refractivity contribution < 1.29 is 0 Å². The van der Waals surface area contributed by atoms with Crippen LogP contribution in [0.3, 0.4) is 0 Å². The van der Waals surface area contributed by atoms with Crippen LogP contribution in [0.1, 0.15) is 24.1 Å². The number of nitrogens with one attached hydrogen (secondary N) is 1. The molecule has 1 atom stereocenters. The Kier molecular flexibility index (Phi) is 4.73. The fraction of sp³-hybridized carbons (Fsp3) is 0.267. The molecule has 0 fully saturated rings. The monoisotopic (exact) mass is 260 g/mol. The highest BCUT2D eigenvalue weighted by molar-refractivity contribution is 6.30. The lowest BCUT2D eigenvalue weighted by Gasteiger charge is -2.18. The molecule has 0 aliphatic heterocycles. The molecule has 0 bridgehead atoms. The predicted octanol–water partition coefficient (Wildman–Crippen LogP) is 3.63. The van der Waals surface area contributed by atoms with Crippen molar-refractivity contribution in [3.63, 3.8) is 0 Å². The molecule has 1 N–H and O–H groups in total. The number of benzene rings is 1. The van der Waals surface area contributed by atoms with Crippen LogP contribution in [0.4, 0.5) is 0 Å². The van der Waals surface area contributed by atoms with Crippen molar-refractivity contribution in [2.24, 2.45) is 0 Å². The van der Waals surface area contributed by atoms with E-state index in [-0.39, 0.29) is 0 Å². The molecule has 1 aromatic carbocycles. The van der Waals surface area contributed by atoms with Gasteiger partial charge in [-0.1, -0.05) is 30.7 Å². The van der Waals surface area contributed by atoms with Crippen molar-refractivity contribution in [3.05, 3.63) is 64.9 Å². The van der Waals surface area contributed by atoms with Gasteiger partial charge >= 0.3 is 0 Å². The van der Waals surface area contributed by atoms with Gasteiger partial charge in [-0.2, -0.15) is 0 Å². The average Bonchev–Trinajstić information content (AvgIpc) is 2.39. The van der Waals surface area contributed by atoms with Gasteiger partial charge in [0.05, 0.1) is 0 Å². The van der Waals surface area contributed by atoms with Crippen LogP contribution < -0.4 is 5.32 Å². The second-order valence-corrected chi connectivity index (χ2v) is 4.66. The van der Waals surface area contributed by atoms with Crippen molar-refractivity contribution in [2.45, 2.75) is 19.4 Å². The van der Waals surface area contributed by atoms with Gasteiger partial charge in [-0.3, -0.25) is 4.98 Å². The zero-order valence-electron chi connectivity index (χ0n) is 10.4. The van der Waals surface area contributed by atoms with Crippen LogP contribution in [0.15, 0.2) is 48.8 Å². The van der Waals surface area contributed by atoms with Crippen LogP contribution in [0.5, 0.6) is 0 Å². The Labute approximate surface area is 113 Å². The summed E-state index contributed by atoms with van der Waals surface area (Å²) in [7, 11) is 0. The molecule has 2 aromatic rings. The molecule has 0 radical (unpaired) electrons. The minimum atomic E-state index is 0.302. The van der Waals surface area contributed by atoms with Gasteiger partial charge in [-0.15, -0.1) is 0 Å². The average molecular weight is 261 g/mol. The van der Waals surface area contributed by atoms with Gasteiger partial charge in [0, 0.05) is 23.5 Å². The molecule has 2 rings (SSSR count). The summed E-state index contributed by atoms with van der Waals surface area (Å²) in [6.45, 7) is 3.06. The fourth-order valence-corrected chi connectivity index (χ4v) is 2.26. The van der Waals surface area contributed by atoms with Crippen LogP contribution in [0.2, 0.25) is 5.02 Å². The maximum Gasteiger partial charge on any atom is 0.0408 e. The molecule has 1 heterocycles. The molecule has 3 heteroatoms. The minimum Gasteiger partial charge on any atom is -0.310 e. The quantitative estimate of drug-likeness (QED) is 0.888. The van der Waals surface area contributed by atoms with E-state index in [0.717, 1.165) is 18.0 Å². The lowest BCUT2D eigenvalue weighted by molar-refractivity contribution is 0.549. The van der Waals surface area contributed by atoms with E-state index in [0.29, 0.717) is 6.04 Å². The summed E-state index contributed by atoms with van der Waals surface area (Å²) in [6.07, 6.45) is 4.59. The molecule has 0 aliphatic carbocycles. The lowest BCUT2D eigenvalue weighted by Crippen LogP contribution is -2.22. The molecule has 18 heavy (non-hydrogen) atoms. The number of hydrogen-bond donors (Lipinski definition) is 1. The Balaban J connectivity index is 2.16. The first kappa shape index (κ1) is 13.1. The Morgan fingerprint density at radius 2 is 2.00 bits per heavy atom. The van der Waals surface area contributed by atoms with E-state index in [4.69, 9.17) is 11.6 Å². The first-order chi connectivity index (χ1) is 8.79. The number of halogens is 1. The number of likely N-dealkylation sites (N-methyl/N-ethyl adjacent to an activating group) is 1. The highest BCUT2D eigenvalue weighted by Crippen LogP contribution is 2.19. The SMILES string of the molecule is CCNC(Cc1cccc(Cl)c1)c1ccncc1. The maximum atomic E-state index is 6.02. The molecule has 1 aromatic heterocycles. The fourth-order valence-electron chi connectivity index (χ4n) is 2.05. The van der Waals surface area contributed by atoms with Crippen LogP contribution in [-0.2, 0) is 6.42 Å². The minimum absolute atomic E-state index is 0.302. The third-order valence-electron chi connectivity index (χ3n) is 2.89. The molecule has 2 nitrogen and oxygen atoms in total. The second kappa shape index (κ2) is 6.53. The third-order valence-corrected chi connectivity index (χ3v) is 3.12. The van der Waals surface area contributed by atoms with Crippen molar-refractivity contribution in [1.82, 2.24) is 10.3 Å². The molecule has 0 spiro atoms. The maximum absolute atomic E-state index is 6.02.